The van der Waals surface area contributed by atoms with E-state index in [0.29, 0.717) is 6.61 Å². The van der Waals surface area contributed by atoms with E-state index in [4.69, 9.17) is 14.6 Å². The lowest BCUT2D eigenvalue weighted by Gasteiger charge is -2.21. The fourth-order valence-corrected chi connectivity index (χ4v) is 1.17. The number of rotatable bonds is 2. The molecule has 0 aliphatic carbocycles. The SMILES string of the molecule is C[C@@H](O)C#CCOC1CCCCO1. The quantitative estimate of drug-likeness (QED) is 0.648. The summed E-state index contributed by atoms with van der Waals surface area (Å²) in [7, 11) is 0. The van der Waals surface area contributed by atoms with E-state index in [9.17, 15) is 0 Å². The van der Waals surface area contributed by atoms with Crippen LogP contribution in [0.3, 0.4) is 0 Å². The van der Waals surface area contributed by atoms with E-state index in [-0.39, 0.29) is 6.29 Å². The van der Waals surface area contributed by atoms with Crippen molar-refractivity contribution in [3.05, 3.63) is 0 Å². The summed E-state index contributed by atoms with van der Waals surface area (Å²) in [6.07, 6.45) is 2.58. The van der Waals surface area contributed by atoms with Crippen molar-refractivity contribution >= 4 is 0 Å². The molecule has 0 radical (unpaired) electrons. The Hall–Kier alpha value is -0.560. The fourth-order valence-electron chi connectivity index (χ4n) is 1.17. The standard InChI is InChI=1S/C10H16O3/c1-9(11)5-4-8-13-10-6-2-3-7-12-10/h9-11H,2-3,6-8H2,1H3/t9-,10?/m1/s1. The van der Waals surface area contributed by atoms with Gasteiger partial charge in [-0.05, 0) is 26.2 Å². The summed E-state index contributed by atoms with van der Waals surface area (Å²) in [5.74, 6) is 5.34. The van der Waals surface area contributed by atoms with Crippen molar-refractivity contribution in [3.63, 3.8) is 0 Å². The predicted octanol–water partition coefficient (Wildman–Crippen LogP) is 0.914. The minimum Gasteiger partial charge on any atom is -0.381 e. The van der Waals surface area contributed by atoms with Crippen LogP contribution in [-0.2, 0) is 9.47 Å². The molecule has 0 bridgehead atoms. The maximum Gasteiger partial charge on any atom is 0.158 e. The van der Waals surface area contributed by atoms with Crippen LogP contribution in [0.1, 0.15) is 26.2 Å². The van der Waals surface area contributed by atoms with E-state index < -0.39 is 6.10 Å². The van der Waals surface area contributed by atoms with Gasteiger partial charge in [0.15, 0.2) is 6.29 Å². The molecule has 1 aliphatic rings. The molecule has 0 amide bonds. The van der Waals surface area contributed by atoms with Gasteiger partial charge in [-0.3, -0.25) is 0 Å². The third kappa shape index (κ3) is 4.89. The van der Waals surface area contributed by atoms with Gasteiger partial charge in [0.1, 0.15) is 12.7 Å². The maximum absolute atomic E-state index is 8.83. The Labute approximate surface area is 79.0 Å². The first-order valence-corrected chi connectivity index (χ1v) is 4.68. The topological polar surface area (TPSA) is 38.7 Å². The van der Waals surface area contributed by atoms with Gasteiger partial charge >= 0.3 is 0 Å². The van der Waals surface area contributed by atoms with Crippen LogP contribution in [0.15, 0.2) is 0 Å². The number of hydrogen-bond acceptors (Lipinski definition) is 3. The van der Waals surface area contributed by atoms with Crippen LogP contribution < -0.4 is 0 Å². The molecule has 0 aromatic heterocycles. The van der Waals surface area contributed by atoms with Gasteiger partial charge < -0.3 is 14.6 Å². The number of hydrogen-bond donors (Lipinski definition) is 1. The first kappa shape index (κ1) is 10.5. The van der Waals surface area contributed by atoms with E-state index in [1.807, 2.05) is 0 Å². The Bertz CT molecular complexity index is 184. The molecular weight excluding hydrogens is 168 g/mol. The molecule has 1 aliphatic heterocycles. The number of aliphatic hydroxyl groups excluding tert-OH is 1. The molecule has 1 fully saturated rings. The molecule has 3 nitrogen and oxygen atoms in total. The van der Waals surface area contributed by atoms with Gasteiger partial charge in [0.25, 0.3) is 0 Å². The zero-order valence-corrected chi connectivity index (χ0v) is 7.95. The zero-order valence-electron chi connectivity index (χ0n) is 7.95. The lowest BCUT2D eigenvalue weighted by Crippen LogP contribution is -2.22. The minimum atomic E-state index is -0.573. The molecule has 0 saturated carbocycles. The molecule has 74 valence electrons. The summed E-state index contributed by atoms with van der Waals surface area (Å²) in [6.45, 7) is 2.76. The molecule has 1 heterocycles. The van der Waals surface area contributed by atoms with Crippen LogP contribution in [0.4, 0.5) is 0 Å². The molecular formula is C10H16O3. The van der Waals surface area contributed by atoms with Crippen molar-refractivity contribution in [2.45, 2.75) is 38.6 Å². The molecule has 1 rings (SSSR count). The molecule has 0 spiro atoms. The van der Waals surface area contributed by atoms with Crippen molar-refractivity contribution < 1.29 is 14.6 Å². The van der Waals surface area contributed by atoms with Gasteiger partial charge in [0, 0.05) is 6.61 Å². The Morgan fingerprint density at radius 2 is 2.46 bits per heavy atom. The highest BCUT2D eigenvalue weighted by Gasteiger charge is 2.12. The predicted molar refractivity (Wildman–Crippen MR) is 49.0 cm³/mol. The van der Waals surface area contributed by atoms with Gasteiger partial charge in [0.05, 0.1) is 0 Å². The highest BCUT2D eigenvalue weighted by molar-refractivity contribution is 5.03. The van der Waals surface area contributed by atoms with Gasteiger partial charge in [0.2, 0.25) is 0 Å². The maximum atomic E-state index is 8.83. The second-order valence-electron chi connectivity index (χ2n) is 3.10. The van der Waals surface area contributed by atoms with Crippen LogP contribution in [0.5, 0.6) is 0 Å². The average molecular weight is 184 g/mol. The molecule has 0 aromatic rings. The number of aliphatic hydroxyl groups is 1. The van der Waals surface area contributed by atoms with Gasteiger partial charge in [-0.15, -0.1) is 0 Å². The van der Waals surface area contributed by atoms with E-state index in [1.165, 1.54) is 0 Å². The average Bonchev–Trinajstić information content (AvgIpc) is 2.14. The second kappa shape index (κ2) is 5.98. The normalized spacial score (nSPS) is 24.6. The van der Waals surface area contributed by atoms with Crippen LogP contribution in [0.25, 0.3) is 0 Å². The van der Waals surface area contributed by atoms with Crippen molar-refractivity contribution in [2.24, 2.45) is 0 Å². The molecule has 3 heteroatoms. The summed E-state index contributed by atoms with van der Waals surface area (Å²) in [4.78, 5) is 0. The molecule has 1 unspecified atom stereocenters. The van der Waals surface area contributed by atoms with Crippen LogP contribution in [-0.4, -0.2) is 30.7 Å². The minimum absolute atomic E-state index is 0.0861. The molecule has 2 atom stereocenters. The Kier molecular flexibility index (Phi) is 4.84. The largest absolute Gasteiger partial charge is 0.381 e. The number of ether oxygens (including phenoxy) is 2. The van der Waals surface area contributed by atoms with Crippen molar-refractivity contribution in [1.29, 1.82) is 0 Å². The summed E-state index contributed by atoms with van der Waals surface area (Å²) in [5.41, 5.74) is 0. The summed E-state index contributed by atoms with van der Waals surface area (Å²) in [5, 5.41) is 8.83. The zero-order chi connectivity index (χ0) is 9.52. The van der Waals surface area contributed by atoms with Crippen molar-refractivity contribution in [2.75, 3.05) is 13.2 Å². The molecule has 1 saturated heterocycles. The van der Waals surface area contributed by atoms with Crippen LogP contribution in [0.2, 0.25) is 0 Å². The second-order valence-corrected chi connectivity index (χ2v) is 3.10. The highest BCUT2D eigenvalue weighted by Crippen LogP contribution is 2.12. The van der Waals surface area contributed by atoms with Crippen LogP contribution >= 0.6 is 0 Å². The summed E-state index contributed by atoms with van der Waals surface area (Å²) in [6, 6.07) is 0. The third-order valence-electron chi connectivity index (χ3n) is 1.79. The summed E-state index contributed by atoms with van der Waals surface area (Å²) < 4.78 is 10.7. The lowest BCUT2D eigenvalue weighted by atomic mass is 10.2. The Morgan fingerprint density at radius 1 is 1.62 bits per heavy atom. The molecule has 13 heavy (non-hydrogen) atoms. The van der Waals surface area contributed by atoms with Gasteiger partial charge in [-0.1, -0.05) is 11.8 Å². The third-order valence-corrected chi connectivity index (χ3v) is 1.79. The fraction of sp³-hybridized carbons (Fsp3) is 0.800. The smallest absolute Gasteiger partial charge is 0.158 e. The van der Waals surface area contributed by atoms with Crippen molar-refractivity contribution in [1.82, 2.24) is 0 Å². The first-order chi connectivity index (χ1) is 6.29. The van der Waals surface area contributed by atoms with Crippen LogP contribution in [0, 0.1) is 11.8 Å². The lowest BCUT2D eigenvalue weighted by molar-refractivity contribution is -0.154. The van der Waals surface area contributed by atoms with E-state index in [2.05, 4.69) is 11.8 Å². The molecule has 0 aromatic carbocycles. The molecule has 1 N–H and O–H groups in total. The van der Waals surface area contributed by atoms with Crippen molar-refractivity contribution in [3.8, 4) is 11.8 Å². The van der Waals surface area contributed by atoms with E-state index in [0.717, 1.165) is 25.9 Å². The highest BCUT2D eigenvalue weighted by atomic mass is 16.7. The first-order valence-electron chi connectivity index (χ1n) is 4.68. The van der Waals surface area contributed by atoms with Gasteiger partial charge in [-0.2, -0.15) is 0 Å². The van der Waals surface area contributed by atoms with E-state index >= 15 is 0 Å². The summed E-state index contributed by atoms with van der Waals surface area (Å²) >= 11 is 0. The Balaban J connectivity index is 2.08. The Morgan fingerprint density at radius 3 is 3.08 bits per heavy atom. The monoisotopic (exact) mass is 184 g/mol. The van der Waals surface area contributed by atoms with E-state index in [1.54, 1.807) is 6.92 Å². The van der Waals surface area contributed by atoms with Gasteiger partial charge in [-0.25, -0.2) is 0 Å².